The van der Waals surface area contributed by atoms with E-state index in [1.165, 1.54) is 17.0 Å². The molecule has 2 heterocycles. The third-order valence-corrected chi connectivity index (χ3v) is 6.11. The Morgan fingerprint density at radius 1 is 0.833 bits per heavy atom. The number of nitro benzene ring substituents is 1. The highest BCUT2D eigenvalue weighted by Crippen LogP contribution is 2.41. The molecular weight excluding hydrogens is 464 g/mol. The first-order chi connectivity index (χ1) is 16.8. The molecule has 0 saturated carbocycles. The Hall–Kier alpha value is -3.82. The Morgan fingerprint density at radius 3 is 1.72 bits per heavy atom. The zero-order valence-corrected chi connectivity index (χ0v) is 21.7. The lowest BCUT2D eigenvalue weighted by Crippen LogP contribution is -2.43. The predicted octanol–water partition coefficient (Wildman–Crippen LogP) is 6.07. The highest BCUT2D eigenvalue weighted by atomic mass is 16.6. The van der Waals surface area contributed by atoms with Crippen LogP contribution >= 0.6 is 0 Å². The fourth-order valence-corrected chi connectivity index (χ4v) is 4.35. The molecule has 2 aliphatic heterocycles. The summed E-state index contributed by atoms with van der Waals surface area (Å²) in [5.74, 6) is 0. The van der Waals surface area contributed by atoms with Crippen LogP contribution in [-0.4, -0.2) is 30.2 Å². The first-order valence-electron chi connectivity index (χ1n) is 12.0. The van der Waals surface area contributed by atoms with E-state index in [0.29, 0.717) is 30.0 Å². The van der Waals surface area contributed by atoms with Crippen molar-refractivity contribution < 1.29 is 24.0 Å². The Bertz CT molecular complexity index is 1180. The van der Waals surface area contributed by atoms with E-state index in [1.807, 2.05) is 45.9 Å². The number of fused-ring (bicyclic) bond motifs is 2. The molecule has 0 radical (unpaired) electrons. The van der Waals surface area contributed by atoms with Crippen molar-refractivity contribution in [1.29, 1.82) is 0 Å². The van der Waals surface area contributed by atoms with Crippen molar-refractivity contribution in [1.82, 2.24) is 0 Å². The minimum Gasteiger partial charge on any atom is -0.438 e. The second-order valence-corrected chi connectivity index (χ2v) is 9.79. The van der Waals surface area contributed by atoms with Gasteiger partial charge in [-0.2, -0.15) is 0 Å². The second-order valence-electron chi connectivity index (χ2n) is 9.79. The zero-order valence-electron chi connectivity index (χ0n) is 21.7. The molecule has 4 rings (SSSR count). The lowest BCUT2D eigenvalue weighted by molar-refractivity contribution is -0.385. The van der Waals surface area contributed by atoms with Gasteiger partial charge in [0.2, 0.25) is 0 Å². The third-order valence-electron chi connectivity index (χ3n) is 6.11. The van der Waals surface area contributed by atoms with Crippen molar-refractivity contribution >= 4 is 34.9 Å². The van der Waals surface area contributed by atoms with Crippen LogP contribution in [0.25, 0.3) is 0 Å². The number of ether oxygens (including phenoxy) is 2. The van der Waals surface area contributed by atoms with Crippen LogP contribution in [-0.2, 0) is 20.7 Å². The van der Waals surface area contributed by atoms with E-state index in [2.05, 4.69) is 0 Å². The molecule has 2 aromatic rings. The maximum atomic E-state index is 12.0. The minimum absolute atomic E-state index is 0.00113. The Kier molecular flexibility index (Phi) is 7.47. The van der Waals surface area contributed by atoms with E-state index >= 15 is 0 Å². The highest BCUT2D eigenvalue weighted by molar-refractivity contribution is 5.92. The normalized spacial score (nSPS) is 17.2. The number of nitrogens with zero attached hydrogens (tertiary/aromatic N) is 3. The van der Waals surface area contributed by atoms with Gasteiger partial charge < -0.3 is 15.2 Å². The molecule has 2 aromatic carbocycles. The van der Waals surface area contributed by atoms with Crippen LogP contribution in [0.15, 0.2) is 36.4 Å². The molecule has 10 heteroatoms. The number of nitro groups is 1. The summed E-state index contributed by atoms with van der Waals surface area (Å²) in [6.07, 6.45) is 0.980. The molecule has 0 aromatic heterocycles. The lowest BCUT2D eigenvalue weighted by atomic mass is 9.93. The molecule has 0 aliphatic carbocycles. The molecule has 0 spiro atoms. The number of hydrogen-bond donors (Lipinski definition) is 1. The fourth-order valence-electron chi connectivity index (χ4n) is 4.35. The number of hydrogen-bond acceptors (Lipinski definition) is 7. The number of cyclic esters (lactones) is 2. The molecule has 2 aliphatic rings. The fraction of sp³-hybridized carbons (Fsp3) is 0.462. The summed E-state index contributed by atoms with van der Waals surface area (Å²) in [5, 5.41) is 10.9. The van der Waals surface area contributed by atoms with Crippen molar-refractivity contribution in [3.8, 4) is 0 Å². The largest absolute Gasteiger partial charge is 0.438 e. The van der Waals surface area contributed by atoms with Crippen LogP contribution < -0.4 is 15.5 Å². The molecule has 0 atom stereocenters. The van der Waals surface area contributed by atoms with Crippen LogP contribution in [0.5, 0.6) is 0 Å². The highest BCUT2D eigenvalue weighted by Gasteiger charge is 2.39. The Morgan fingerprint density at radius 2 is 1.28 bits per heavy atom. The predicted molar refractivity (Wildman–Crippen MR) is 138 cm³/mol. The number of nitrogen functional groups attached to an aromatic ring is 1. The third kappa shape index (κ3) is 5.22. The van der Waals surface area contributed by atoms with Gasteiger partial charge in [-0.05, 0) is 64.8 Å². The van der Waals surface area contributed by atoms with Gasteiger partial charge in [-0.15, -0.1) is 0 Å². The van der Waals surface area contributed by atoms with Gasteiger partial charge >= 0.3 is 12.2 Å². The molecular formula is C26H34N4O6. The van der Waals surface area contributed by atoms with Gasteiger partial charge in [0.1, 0.15) is 11.2 Å². The van der Waals surface area contributed by atoms with Crippen LogP contribution in [0, 0.1) is 10.1 Å². The number of non-ortho nitro benzene ring substituents is 1. The quantitative estimate of drug-likeness (QED) is 0.301. The van der Waals surface area contributed by atoms with Gasteiger partial charge in [-0.1, -0.05) is 13.8 Å². The van der Waals surface area contributed by atoms with Gasteiger partial charge in [-0.25, -0.2) is 9.59 Å². The summed E-state index contributed by atoms with van der Waals surface area (Å²) in [6, 6.07) is 10.1. The number of benzene rings is 2. The van der Waals surface area contributed by atoms with Crippen molar-refractivity contribution in [3.63, 3.8) is 0 Å². The van der Waals surface area contributed by atoms with Gasteiger partial charge in [-0.3, -0.25) is 19.9 Å². The van der Waals surface area contributed by atoms with E-state index in [1.54, 1.807) is 24.8 Å². The van der Waals surface area contributed by atoms with E-state index < -0.39 is 22.2 Å². The average molecular weight is 499 g/mol. The summed E-state index contributed by atoms with van der Waals surface area (Å²) in [4.78, 5) is 37.5. The summed E-state index contributed by atoms with van der Waals surface area (Å²) < 4.78 is 10.8. The molecule has 0 fully saturated rings. The molecule has 2 N–H and O–H groups in total. The molecule has 194 valence electrons. The average Bonchev–Trinajstić information content (AvgIpc) is 2.79. The van der Waals surface area contributed by atoms with Crippen LogP contribution in [0.1, 0.15) is 65.5 Å². The smallest absolute Gasteiger partial charge is 0.415 e. The summed E-state index contributed by atoms with van der Waals surface area (Å²) in [6.45, 7) is 12.4. The van der Waals surface area contributed by atoms with Crippen molar-refractivity contribution in [3.05, 3.63) is 57.6 Å². The van der Waals surface area contributed by atoms with Crippen molar-refractivity contribution in [2.24, 2.45) is 0 Å². The van der Waals surface area contributed by atoms with Gasteiger partial charge in [0.15, 0.2) is 0 Å². The standard InChI is InChI=1S/C13H16N2O4.C13H18N2O2/c1-4-7-14-11-6-5-9(15(17)18)8-10(11)13(2,3)19-12(14)16;1-4-7-15-11-6-5-9(14)8-10(11)13(2,3)17-12(15)16/h5-6,8H,4,7H2,1-3H3;5-6,8H,4,7,14H2,1-3H3. The molecule has 0 bridgehead atoms. The SMILES string of the molecule is CCCN1C(=O)OC(C)(C)c2cc(N)ccc21.CCCN1C(=O)OC(C)(C)c2cc([N+](=O)[O-])ccc21. The maximum absolute atomic E-state index is 12.0. The molecule has 2 amide bonds. The topological polar surface area (TPSA) is 128 Å². The van der Waals surface area contributed by atoms with Crippen LogP contribution in [0.3, 0.4) is 0 Å². The number of nitrogens with two attached hydrogens (primary N) is 1. The molecule has 36 heavy (non-hydrogen) atoms. The van der Waals surface area contributed by atoms with E-state index in [9.17, 15) is 19.7 Å². The molecule has 0 saturated heterocycles. The maximum Gasteiger partial charge on any atom is 0.415 e. The van der Waals surface area contributed by atoms with Gasteiger partial charge in [0.25, 0.3) is 5.69 Å². The zero-order chi connectivity index (χ0) is 26.8. The number of amides is 2. The first kappa shape index (κ1) is 26.8. The van der Waals surface area contributed by atoms with Gasteiger partial charge in [0, 0.05) is 42.0 Å². The lowest BCUT2D eigenvalue weighted by Gasteiger charge is -2.38. The van der Waals surface area contributed by atoms with E-state index in [0.717, 1.165) is 24.1 Å². The monoisotopic (exact) mass is 498 g/mol. The number of carbonyl (C=O) groups is 2. The summed E-state index contributed by atoms with van der Waals surface area (Å²) in [5.41, 5.74) is 8.23. The van der Waals surface area contributed by atoms with Crippen LogP contribution in [0.2, 0.25) is 0 Å². The van der Waals surface area contributed by atoms with E-state index in [4.69, 9.17) is 15.2 Å². The van der Waals surface area contributed by atoms with Crippen molar-refractivity contribution in [2.75, 3.05) is 28.6 Å². The van der Waals surface area contributed by atoms with Crippen LogP contribution in [0.4, 0.5) is 32.3 Å². The Balaban J connectivity index is 0.000000202. The second kappa shape index (κ2) is 10.0. The Labute approximate surface area is 211 Å². The number of anilines is 3. The molecule has 10 nitrogen and oxygen atoms in total. The minimum atomic E-state index is -0.858. The van der Waals surface area contributed by atoms with Crippen molar-refractivity contribution in [2.45, 2.75) is 65.6 Å². The molecule has 0 unspecified atom stereocenters. The first-order valence-corrected chi connectivity index (χ1v) is 12.0. The number of rotatable bonds is 5. The van der Waals surface area contributed by atoms with E-state index in [-0.39, 0.29) is 11.8 Å². The summed E-state index contributed by atoms with van der Waals surface area (Å²) >= 11 is 0. The summed E-state index contributed by atoms with van der Waals surface area (Å²) in [7, 11) is 0. The van der Waals surface area contributed by atoms with Gasteiger partial charge in [0.05, 0.1) is 16.3 Å². The number of carbonyl (C=O) groups excluding carboxylic acids is 2.